The molecule has 0 spiro atoms. The summed E-state index contributed by atoms with van der Waals surface area (Å²) in [6, 6.07) is 13.9. The number of aryl methyl sites for hydroxylation is 1. The lowest BCUT2D eigenvalue weighted by molar-refractivity contribution is 0.524. The molecule has 0 bridgehead atoms. The molecule has 1 atom stereocenters. The fourth-order valence-electron chi connectivity index (χ4n) is 2.28. The Balaban J connectivity index is 1.80. The number of aromatic nitrogens is 4. The fourth-order valence-corrected chi connectivity index (χ4v) is 2.28. The molecule has 21 heavy (non-hydrogen) atoms. The molecular weight excluding hydrogens is 264 g/mol. The van der Waals surface area contributed by atoms with E-state index in [9.17, 15) is 0 Å². The summed E-state index contributed by atoms with van der Waals surface area (Å²) < 4.78 is 3.63. The van der Waals surface area contributed by atoms with Crippen molar-refractivity contribution in [1.82, 2.24) is 25.0 Å². The molecule has 0 saturated carbocycles. The number of hydrogen-bond acceptors (Lipinski definition) is 4. The van der Waals surface area contributed by atoms with Crippen molar-refractivity contribution in [3.05, 3.63) is 66.2 Å². The smallest absolute Gasteiger partial charge is 0.0815 e. The van der Waals surface area contributed by atoms with E-state index >= 15 is 0 Å². The van der Waals surface area contributed by atoms with E-state index in [1.54, 1.807) is 4.68 Å². The molecule has 1 aromatic carbocycles. The molecular formula is C15H18N6. The van der Waals surface area contributed by atoms with E-state index in [0.717, 1.165) is 17.1 Å². The first-order valence-corrected chi connectivity index (χ1v) is 6.82. The van der Waals surface area contributed by atoms with Gasteiger partial charge in [0.1, 0.15) is 0 Å². The molecule has 2 aromatic heterocycles. The van der Waals surface area contributed by atoms with Crippen LogP contribution in [0.4, 0.5) is 0 Å². The highest BCUT2D eigenvalue weighted by Crippen LogP contribution is 2.16. The van der Waals surface area contributed by atoms with Crippen LogP contribution in [0.15, 0.2) is 54.9 Å². The van der Waals surface area contributed by atoms with Gasteiger partial charge in [-0.2, -0.15) is 10.2 Å². The number of benzene rings is 1. The van der Waals surface area contributed by atoms with Crippen molar-refractivity contribution in [2.24, 2.45) is 12.9 Å². The van der Waals surface area contributed by atoms with Crippen molar-refractivity contribution in [2.75, 3.05) is 0 Å². The summed E-state index contributed by atoms with van der Waals surface area (Å²) in [7, 11) is 1.90. The number of nitrogens with two attached hydrogens (primary N) is 1. The van der Waals surface area contributed by atoms with Crippen LogP contribution in [0, 0.1) is 0 Å². The van der Waals surface area contributed by atoms with Crippen molar-refractivity contribution < 1.29 is 0 Å². The fraction of sp³-hybridized carbons (Fsp3) is 0.200. The first-order valence-electron chi connectivity index (χ1n) is 6.82. The van der Waals surface area contributed by atoms with Gasteiger partial charge in [0.2, 0.25) is 0 Å². The van der Waals surface area contributed by atoms with Crippen LogP contribution < -0.4 is 11.3 Å². The van der Waals surface area contributed by atoms with E-state index in [-0.39, 0.29) is 6.04 Å². The second kappa shape index (κ2) is 5.90. The van der Waals surface area contributed by atoms with Crippen LogP contribution in [0.25, 0.3) is 5.69 Å². The Hall–Kier alpha value is -2.44. The molecule has 6 nitrogen and oxygen atoms in total. The third-order valence-electron chi connectivity index (χ3n) is 3.37. The molecule has 1 unspecified atom stereocenters. The van der Waals surface area contributed by atoms with Gasteiger partial charge in [0.25, 0.3) is 0 Å². The monoisotopic (exact) mass is 282 g/mol. The molecule has 0 aliphatic carbocycles. The Labute approximate surface area is 123 Å². The molecule has 0 saturated heterocycles. The van der Waals surface area contributed by atoms with Crippen LogP contribution in [-0.4, -0.2) is 19.6 Å². The highest BCUT2D eigenvalue weighted by Gasteiger charge is 2.15. The van der Waals surface area contributed by atoms with Crippen LogP contribution >= 0.6 is 0 Å². The van der Waals surface area contributed by atoms with E-state index in [1.165, 1.54) is 0 Å². The third kappa shape index (κ3) is 3.01. The molecule has 0 amide bonds. The van der Waals surface area contributed by atoms with Crippen molar-refractivity contribution in [3.8, 4) is 5.69 Å². The topological polar surface area (TPSA) is 73.7 Å². The maximum atomic E-state index is 5.67. The Kier molecular flexibility index (Phi) is 3.81. The summed E-state index contributed by atoms with van der Waals surface area (Å²) in [5.41, 5.74) is 5.72. The van der Waals surface area contributed by atoms with E-state index in [0.29, 0.717) is 6.42 Å². The lowest BCUT2D eigenvalue weighted by Gasteiger charge is -2.11. The van der Waals surface area contributed by atoms with Gasteiger partial charge in [0.15, 0.2) is 0 Å². The van der Waals surface area contributed by atoms with E-state index in [2.05, 4.69) is 15.6 Å². The quantitative estimate of drug-likeness (QED) is 0.547. The number of para-hydroxylation sites is 1. The number of rotatable bonds is 5. The molecule has 3 rings (SSSR count). The lowest BCUT2D eigenvalue weighted by atomic mass is 10.1. The van der Waals surface area contributed by atoms with Crippen molar-refractivity contribution in [3.63, 3.8) is 0 Å². The predicted octanol–water partition coefficient (Wildman–Crippen LogP) is 1.35. The zero-order valence-electron chi connectivity index (χ0n) is 11.8. The summed E-state index contributed by atoms with van der Waals surface area (Å²) in [6.07, 6.45) is 4.56. The predicted molar refractivity (Wildman–Crippen MR) is 80.5 cm³/mol. The number of nitrogens with zero attached hydrogens (tertiary/aromatic N) is 4. The largest absolute Gasteiger partial charge is 0.276 e. The maximum Gasteiger partial charge on any atom is 0.0815 e. The van der Waals surface area contributed by atoms with Crippen LogP contribution in [0.2, 0.25) is 0 Å². The summed E-state index contributed by atoms with van der Waals surface area (Å²) in [4.78, 5) is 0. The molecule has 0 radical (unpaired) electrons. The molecule has 3 N–H and O–H groups in total. The molecule has 0 aliphatic rings. The Morgan fingerprint density at radius 2 is 1.90 bits per heavy atom. The van der Waals surface area contributed by atoms with Crippen LogP contribution in [0.1, 0.15) is 17.4 Å². The second-order valence-corrected chi connectivity index (χ2v) is 4.92. The molecule has 3 aromatic rings. The second-order valence-electron chi connectivity index (χ2n) is 4.92. The Morgan fingerprint density at radius 1 is 1.10 bits per heavy atom. The van der Waals surface area contributed by atoms with Crippen LogP contribution in [-0.2, 0) is 13.5 Å². The zero-order chi connectivity index (χ0) is 14.7. The van der Waals surface area contributed by atoms with Crippen LogP contribution in [0.5, 0.6) is 0 Å². The SMILES string of the molecule is Cn1ccc(CC(NN)c2ccn(-c3ccccc3)n2)n1. The number of nitrogens with one attached hydrogen (secondary N) is 1. The highest BCUT2D eigenvalue weighted by molar-refractivity contribution is 5.30. The van der Waals surface area contributed by atoms with E-state index < -0.39 is 0 Å². The van der Waals surface area contributed by atoms with Gasteiger partial charge in [0, 0.05) is 25.9 Å². The first-order chi connectivity index (χ1) is 10.3. The summed E-state index contributed by atoms with van der Waals surface area (Å²) in [5.74, 6) is 5.67. The van der Waals surface area contributed by atoms with Gasteiger partial charge in [-0.25, -0.2) is 4.68 Å². The maximum absolute atomic E-state index is 5.67. The molecule has 108 valence electrons. The minimum absolute atomic E-state index is 0.0649. The third-order valence-corrected chi connectivity index (χ3v) is 3.37. The summed E-state index contributed by atoms with van der Waals surface area (Å²) in [6.45, 7) is 0. The average molecular weight is 282 g/mol. The molecule has 0 aliphatic heterocycles. The number of hydrogen-bond donors (Lipinski definition) is 2. The van der Waals surface area contributed by atoms with Crippen molar-refractivity contribution >= 4 is 0 Å². The van der Waals surface area contributed by atoms with Crippen LogP contribution in [0.3, 0.4) is 0 Å². The van der Waals surface area contributed by atoms with Crippen molar-refractivity contribution in [2.45, 2.75) is 12.5 Å². The zero-order valence-corrected chi connectivity index (χ0v) is 11.8. The van der Waals surface area contributed by atoms with Gasteiger partial charge in [-0.3, -0.25) is 16.0 Å². The highest BCUT2D eigenvalue weighted by atomic mass is 15.3. The first kappa shape index (κ1) is 13.5. The molecule has 0 fully saturated rings. The van der Waals surface area contributed by atoms with Gasteiger partial charge >= 0.3 is 0 Å². The van der Waals surface area contributed by atoms with Gasteiger partial charge in [-0.15, -0.1) is 0 Å². The summed E-state index contributed by atoms with van der Waals surface area (Å²) >= 11 is 0. The molecule has 6 heteroatoms. The van der Waals surface area contributed by atoms with Gasteiger partial charge < -0.3 is 0 Å². The lowest BCUT2D eigenvalue weighted by Crippen LogP contribution is -2.30. The van der Waals surface area contributed by atoms with Gasteiger partial charge in [-0.05, 0) is 24.3 Å². The average Bonchev–Trinajstić information content (AvgIpc) is 3.15. The Morgan fingerprint density at radius 3 is 2.57 bits per heavy atom. The minimum Gasteiger partial charge on any atom is -0.276 e. The van der Waals surface area contributed by atoms with Crippen molar-refractivity contribution in [1.29, 1.82) is 0 Å². The van der Waals surface area contributed by atoms with E-state index in [1.807, 2.05) is 66.6 Å². The Bertz CT molecular complexity index is 700. The number of hydrazine groups is 1. The normalized spacial score (nSPS) is 12.5. The summed E-state index contributed by atoms with van der Waals surface area (Å²) in [5, 5.41) is 8.97. The van der Waals surface area contributed by atoms with Gasteiger partial charge in [-0.1, -0.05) is 18.2 Å². The minimum atomic E-state index is -0.0649. The van der Waals surface area contributed by atoms with Gasteiger partial charge in [0.05, 0.1) is 23.1 Å². The molecule has 2 heterocycles. The van der Waals surface area contributed by atoms with E-state index in [4.69, 9.17) is 5.84 Å². The standard InChI is InChI=1S/C15H18N6/c1-20-9-7-12(18-20)11-15(17-16)14-8-10-21(19-14)13-5-3-2-4-6-13/h2-10,15,17H,11,16H2,1H3.